The van der Waals surface area contributed by atoms with Crippen molar-refractivity contribution in [2.24, 2.45) is 5.73 Å². The normalized spacial score (nSPS) is 24.6. The van der Waals surface area contributed by atoms with E-state index < -0.39 is 10.0 Å². The van der Waals surface area contributed by atoms with Gasteiger partial charge in [-0.25, -0.2) is 8.42 Å². The summed E-state index contributed by atoms with van der Waals surface area (Å²) in [4.78, 5) is 0.298. The summed E-state index contributed by atoms with van der Waals surface area (Å²) >= 11 is 0. The minimum Gasteiger partial charge on any atom is -0.496 e. The maximum absolute atomic E-state index is 12.6. The minimum absolute atomic E-state index is 0.0888. The molecule has 1 aromatic rings. The molecular formula is C13H20N2O3S. The van der Waals surface area contributed by atoms with Crippen molar-refractivity contribution < 1.29 is 13.2 Å². The molecule has 0 saturated carbocycles. The topological polar surface area (TPSA) is 72.6 Å². The van der Waals surface area contributed by atoms with Crippen molar-refractivity contribution in [1.82, 2.24) is 4.31 Å². The molecule has 19 heavy (non-hydrogen) atoms. The van der Waals surface area contributed by atoms with Gasteiger partial charge >= 0.3 is 0 Å². The van der Waals surface area contributed by atoms with Gasteiger partial charge in [0.25, 0.3) is 0 Å². The third-order valence-corrected chi connectivity index (χ3v) is 5.71. The van der Waals surface area contributed by atoms with Crippen LogP contribution in [-0.2, 0) is 10.0 Å². The number of ether oxygens (including phenoxy) is 1. The molecule has 1 aromatic carbocycles. The largest absolute Gasteiger partial charge is 0.496 e. The molecule has 106 valence electrons. The molecule has 5 nitrogen and oxygen atoms in total. The van der Waals surface area contributed by atoms with Crippen molar-refractivity contribution in [3.8, 4) is 5.75 Å². The van der Waals surface area contributed by atoms with E-state index in [1.807, 2.05) is 13.8 Å². The smallest absolute Gasteiger partial charge is 0.243 e. The van der Waals surface area contributed by atoms with Gasteiger partial charge in [-0.2, -0.15) is 4.31 Å². The first-order chi connectivity index (χ1) is 8.87. The van der Waals surface area contributed by atoms with Gasteiger partial charge in [0.05, 0.1) is 12.0 Å². The van der Waals surface area contributed by atoms with Crippen LogP contribution < -0.4 is 10.5 Å². The molecule has 0 bridgehead atoms. The fourth-order valence-electron chi connectivity index (χ4n) is 2.42. The Morgan fingerprint density at radius 3 is 2.58 bits per heavy atom. The molecule has 0 amide bonds. The molecule has 1 aliphatic heterocycles. The number of methoxy groups -OCH3 is 1. The number of hydrogen-bond acceptors (Lipinski definition) is 4. The van der Waals surface area contributed by atoms with Crippen LogP contribution >= 0.6 is 0 Å². The summed E-state index contributed by atoms with van der Waals surface area (Å²) in [5.74, 6) is 0.685. The third-order valence-electron chi connectivity index (χ3n) is 3.73. The highest BCUT2D eigenvalue weighted by atomic mass is 32.2. The Labute approximate surface area is 114 Å². The van der Waals surface area contributed by atoms with Gasteiger partial charge in [0.1, 0.15) is 5.75 Å². The summed E-state index contributed by atoms with van der Waals surface area (Å²) in [5.41, 5.74) is 6.70. The fraction of sp³-hybridized carbons (Fsp3) is 0.538. The van der Waals surface area contributed by atoms with E-state index in [1.165, 1.54) is 4.31 Å². The van der Waals surface area contributed by atoms with E-state index in [-0.39, 0.29) is 12.1 Å². The van der Waals surface area contributed by atoms with Crippen LogP contribution in [-0.4, -0.2) is 38.5 Å². The minimum atomic E-state index is -3.47. The lowest BCUT2D eigenvalue weighted by atomic mass is 10.2. The average molecular weight is 284 g/mol. The van der Waals surface area contributed by atoms with E-state index in [2.05, 4.69) is 0 Å². The van der Waals surface area contributed by atoms with E-state index in [9.17, 15) is 8.42 Å². The number of nitrogens with zero attached hydrogens (tertiary/aromatic N) is 1. The zero-order valence-electron chi connectivity index (χ0n) is 11.5. The Hall–Kier alpha value is -1.11. The van der Waals surface area contributed by atoms with Crippen LogP contribution in [0.25, 0.3) is 0 Å². The van der Waals surface area contributed by atoms with E-state index in [0.717, 1.165) is 5.56 Å². The Morgan fingerprint density at radius 1 is 1.42 bits per heavy atom. The first-order valence-corrected chi connectivity index (χ1v) is 7.74. The molecule has 1 saturated heterocycles. The second-order valence-electron chi connectivity index (χ2n) is 4.94. The molecule has 0 aromatic heterocycles. The summed E-state index contributed by atoms with van der Waals surface area (Å²) in [7, 11) is -1.90. The van der Waals surface area contributed by atoms with E-state index >= 15 is 0 Å². The number of benzene rings is 1. The van der Waals surface area contributed by atoms with Gasteiger partial charge in [0.2, 0.25) is 10.0 Å². The SMILES string of the molecule is COc1ccc(S(=O)(=O)N2CCC(N)C2C)cc1C. The highest BCUT2D eigenvalue weighted by molar-refractivity contribution is 7.89. The van der Waals surface area contributed by atoms with Crippen LogP contribution in [0.15, 0.2) is 23.1 Å². The lowest BCUT2D eigenvalue weighted by Gasteiger charge is -2.23. The number of aryl methyl sites for hydroxylation is 1. The van der Waals surface area contributed by atoms with Gasteiger partial charge in [-0.15, -0.1) is 0 Å². The van der Waals surface area contributed by atoms with Crippen LogP contribution in [0.4, 0.5) is 0 Å². The Balaban J connectivity index is 2.37. The number of nitrogens with two attached hydrogens (primary N) is 1. The third kappa shape index (κ3) is 2.48. The standard InChI is InChI=1S/C13H20N2O3S/c1-9-8-11(4-5-13(9)18-3)19(16,17)15-7-6-12(14)10(15)2/h4-5,8,10,12H,6-7,14H2,1-3H3. The highest BCUT2D eigenvalue weighted by Crippen LogP contribution is 2.28. The predicted molar refractivity (Wildman–Crippen MR) is 73.7 cm³/mol. The molecule has 6 heteroatoms. The van der Waals surface area contributed by atoms with Gasteiger partial charge in [-0.1, -0.05) is 0 Å². The summed E-state index contributed by atoms with van der Waals surface area (Å²) in [6.07, 6.45) is 0.704. The number of hydrogen-bond donors (Lipinski definition) is 1. The molecule has 0 spiro atoms. The van der Waals surface area contributed by atoms with Gasteiger partial charge in [-0.3, -0.25) is 0 Å². The lowest BCUT2D eigenvalue weighted by Crippen LogP contribution is -2.40. The van der Waals surface area contributed by atoms with Crippen molar-refractivity contribution in [3.05, 3.63) is 23.8 Å². The highest BCUT2D eigenvalue weighted by Gasteiger charge is 2.37. The first-order valence-electron chi connectivity index (χ1n) is 6.30. The van der Waals surface area contributed by atoms with Crippen LogP contribution in [0.1, 0.15) is 18.9 Å². The Morgan fingerprint density at radius 2 is 2.11 bits per heavy atom. The monoisotopic (exact) mass is 284 g/mol. The molecule has 1 heterocycles. The maximum atomic E-state index is 12.6. The Kier molecular flexibility index (Phi) is 3.85. The molecular weight excluding hydrogens is 264 g/mol. The van der Waals surface area contributed by atoms with Gasteiger partial charge in [-0.05, 0) is 44.0 Å². The zero-order chi connectivity index (χ0) is 14.2. The van der Waals surface area contributed by atoms with Crippen molar-refractivity contribution in [1.29, 1.82) is 0 Å². The summed E-state index contributed by atoms with van der Waals surface area (Å²) < 4.78 is 31.8. The van der Waals surface area contributed by atoms with Gasteiger partial charge in [0, 0.05) is 18.6 Å². The van der Waals surface area contributed by atoms with Crippen molar-refractivity contribution in [3.63, 3.8) is 0 Å². The van der Waals surface area contributed by atoms with Gasteiger partial charge < -0.3 is 10.5 Å². The maximum Gasteiger partial charge on any atom is 0.243 e. The van der Waals surface area contributed by atoms with Crippen LogP contribution in [0.2, 0.25) is 0 Å². The second-order valence-corrected chi connectivity index (χ2v) is 6.83. The predicted octanol–water partition coefficient (Wildman–Crippen LogP) is 1.11. The fourth-order valence-corrected chi connectivity index (χ4v) is 4.20. The quantitative estimate of drug-likeness (QED) is 0.902. The molecule has 2 rings (SSSR count). The van der Waals surface area contributed by atoms with E-state index in [4.69, 9.17) is 10.5 Å². The van der Waals surface area contributed by atoms with Crippen molar-refractivity contribution in [2.45, 2.75) is 37.2 Å². The van der Waals surface area contributed by atoms with E-state index in [0.29, 0.717) is 23.6 Å². The number of rotatable bonds is 3. The molecule has 0 aliphatic carbocycles. The summed E-state index contributed by atoms with van der Waals surface area (Å²) in [6, 6.07) is 4.66. The van der Waals surface area contributed by atoms with Crippen molar-refractivity contribution in [2.75, 3.05) is 13.7 Å². The zero-order valence-corrected chi connectivity index (χ0v) is 12.3. The summed E-state index contributed by atoms with van der Waals surface area (Å²) in [5, 5.41) is 0. The molecule has 2 N–H and O–H groups in total. The Bertz CT molecular complexity index is 571. The van der Waals surface area contributed by atoms with Gasteiger partial charge in [0.15, 0.2) is 0 Å². The van der Waals surface area contributed by atoms with E-state index in [1.54, 1.807) is 25.3 Å². The molecule has 0 radical (unpaired) electrons. The lowest BCUT2D eigenvalue weighted by molar-refractivity contribution is 0.392. The summed E-state index contributed by atoms with van der Waals surface area (Å²) in [6.45, 7) is 4.17. The molecule has 1 aliphatic rings. The van der Waals surface area contributed by atoms with Crippen LogP contribution in [0, 0.1) is 6.92 Å². The van der Waals surface area contributed by atoms with Crippen molar-refractivity contribution >= 4 is 10.0 Å². The second kappa shape index (κ2) is 5.11. The van der Waals surface area contributed by atoms with Crippen LogP contribution in [0.5, 0.6) is 5.75 Å². The molecule has 1 fully saturated rings. The average Bonchev–Trinajstić information content (AvgIpc) is 2.70. The van der Waals surface area contributed by atoms with Crippen LogP contribution in [0.3, 0.4) is 0 Å². The first kappa shape index (κ1) is 14.3. The molecule has 2 unspecified atom stereocenters. The number of sulfonamides is 1. The molecule has 2 atom stereocenters.